The van der Waals surface area contributed by atoms with E-state index in [-0.39, 0.29) is 5.56 Å². The van der Waals surface area contributed by atoms with Crippen LogP contribution in [0.4, 0.5) is 13.2 Å². The predicted octanol–water partition coefficient (Wildman–Crippen LogP) is 3.25. The Morgan fingerprint density at radius 3 is 2.61 bits per heavy atom. The van der Waals surface area contributed by atoms with Crippen LogP contribution in [0, 0.1) is 0 Å². The maximum atomic E-state index is 12.8. The van der Waals surface area contributed by atoms with E-state index in [0.29, 0.717) is 10.9 Å². The normalized spacial score (nSPS) is 11.8. The van der Waals surface area contributed by atoms with Crippen molar-refractivity contribution < 1.29 is 22.7 Å². The summed E-state index contributed by atoms with van der Waals surface area (Å²) in [6.07, 6.45) is -4.51. The van der Waals surface area contributed by atoms with Crippen LogP contribution >= 0.6 is 0 Å². The molecule has 0 aliphatic rings. The average Bonchev–Trinajstić information content (AvgIpc) is 2.64. The molecule has 0 aliphatic heterocycles. The first-order valence-corrected chi connectivity index (χ1v) is 5.19. The van der Waals surface area contributed by atoms with Crippen LogP contribution in [0.15, 0.2) is 24.3 Å². The summed E-state index contributed by atoms with van der Waals surface area (Å²) in [4.78, 5) is 13.0. The van der Waals surface area contributed by atoms with E-state index in [1.165, 1.54) is 0 Å². The number of hydrogen-bond donors (Lipinski definition) is 1. The number of benzene rings is 1. The molecule has 96 valence electrons. The molecule has 1 aromatic heterocycles. The van der Waals surface area contributed by atoms with Crippen molar-refractivity contribution in [1.29, 1.82) is 0 Å². The molecule has 18 heavy (non-hydrogen) atoms. The van der Waals surface area contributed by atoms with Crippen LogP contribution < -0.4 is 0 Å². The standard InChI is InChI=1S/C12H10F3NO2/c1-7(17)18-6-9-8-4-2-3-5-10(8)16-11(9)12(13,14)15/h2-5,16H,6H2,1H3. The van der Waals surface area contributed by atoms with Crippen molar-refractivity contribution in [3.63, 3.8) is 0 Å². The SMILES string of the molecule is CC(=O)OCc1c(C(F)(F)F)[nH]c2ccccc12. The van der Waals surface area contributed by atoms with E-state index in [1.54, 1.807) is 24.3 Å². The number of ether oxygens (including phenoxy) is 1. The molecule has 0 amide bonds. The number of nitrogens with one attached hydrogen (secondary N) is 1. The number of halogens is 3. The highest BCUT2D eigenvalue weighted by Gasteiger charge is 2.36. The van der Waals surface area contributed by atoms with Crippen molar-refractivity contribution in [1.82, 2.24) is 4.98 Å². The van der Waals surface area contributed by atoms with Gasteiger partial charge in [-0.1, -0.05) is 18.2 Å². The van der Waals surface area contributed by atoms with Crippen LogP contribution in [0.1, 0.15) is 18.2 Å². The number of rotatable bonds is 2. The summed E-state index contributed by atoms with van der Waals surface area (Å²) in [5.41, 5.74) is -0.551. The maximum absolute atomic E-state index is 12.8. The van der Waals surface area contributed by atoms with E-state index in [9.17, 15) is 18.0 Å². The summed E-state index contributed by atoms with van der Waals surface area (Å²) in [5, 5.41) is 0.408. The molecular formula is C12H10F3NO2. The molecule has 0 radical (unpaired) electrons. The molecular weight excluding hydrogens is 247 g/mol. The number of aromatic amines is 1. The van der Waals surface area contributed by atoms with Crippen LogP contribution in [0.25, 0.3) is 10.9 Å². The van der Waals surface area contributed by atoms with Crippen LogP contribution in [0.3, 0.4) is 0 Å². The average molecular weight is 257 g/mol. The van der Waals surface area contributed by atoms with Crippen molar-refractivity contribution in [2.24, 2.45) is 0 Å². The number of aromatic nitrogens is 1. The third-order valence-electron chi connectivity index (χ3n) is 2.52. The number of hydrogen-bond acceptors (Lipinski definition) is 2. The van der Waals surface area contributed by atoms with Crippen LogP contribution in [-0.2, 0) is 22.3 Å². The molecule has 1 heterocycles. The minimum Gasteiger partial charge on any atom is -0.461 e. The topological polar surface area (TPSA) is 42.1 Å². The quantitative estimate of drug-likeness (QED) is 0.839. The van der Waals surface area contributed by atoms with E-state index in [4.69, 9.17) is 0 Å². The zero-order chi connectivity index (χ0) is 13.3. The van der Waals surface area contributed by atoms with Crippen molar-refractivity contribution in [3.05, 3.63) is 35.5 Å². The fourth-order valence-electron chi connectivity index (χ4n) is 1.77. The Labute approximate surface area is 101 Å². The molecule has 0 aliphatic carbocycles. The number of esters is 1. The number of H-pyrrole nitrogens is 1. The summed E-state index contributed by atoms with van der Waals surface area (Å²) < 4.78 is 43.2. The van der Waals surface area contributed by atoms with Gasteiger partial charge in [0.15, 0.2) is 0 Å². The van der Waals surface area contributed by atoms with E-state index in [2.05, 4.69) is 9.72 Å². The van der Waals surface area contributed by atoms with Gasteiger partial charge >= 0.3 is 12.1 Å². The first kappa shape index (κ1) is 12.5. The Morgan fingerprint density at radius 2 is 2.00 bits per heavy atom. The second-order valence-corrected chi connectivity index (χ2v) is 3.80. The number of carbonyl (C=O) groups is 1. The Bertz CT molecular complexity index is 587. The summed E-state index contributed by atoms with van der Waals surface area (Å²) >= 11 is 0. The van der Waals surface area contributed by atoms with E-state index < -0.39 is 24.4 Å². The fourth-order valence-corrected chi connectivity index (χ4v) is 1.77. The largest absolute Gasteiger partial charge is 0.461 e. The molecule has 0 spiro atoms. The molecule has 0 bridgehead atoms. The fraction of sp³-hybridized carbons (Fsp3) is 0.250. The minimum absolute atomic E-state index is 0.0479. The third-order valence-corrected chi connectivity index (χ3v) is 2.52. The van der Waals surface area contributed by atoms with Gasteiger partial charge in [0.05, 0.1) is 0 Å². The Morgan fingerprint density at radius 1 is 1.33 bits per heavy atom. The highest BCUT2D eigenvalue weighted by atomic mass is 19.4. The smallest absolute Gasteiger partial charge is 0.431 e. The predicted molar refractivity (Wildman–Crippen MR) is 58.8 cm³/mol. The van der Waals surface area contributed by atoms with Gasteiger partial charge in [0, 0.05) is 23.4 Å². The molecule has 1 aromatic carbocycles. The zero-order valence-electron chi connectivity index (χ0n) is 9.47. The van der Waals surface area contributed by atoms with Crippen LogP contribution in [-0.4, -0.2) is 11.0 Å². The summed E-state index contributed by atoms with van der Waals surface area (Å²) in [5.74, 6) is -0.617. The second-order valence-electron chi connectivity index (χ2n) is 3.80. The van der Waals surface area contributed by atoms with Gasteiger partial charge in [0.2, 0.25) is 0 Å². The Hall–Kier alpha value is -1.98. The van der Waals surface area contributed by atoms with Crippen LogP contribution in [0.5, 0.6) is 0 Å². The van der Waals surface area contributed by atoms with Gasteiger partial charge in [-0.25, -0.2) is 0 Å². The van der Waals surface area contributed by atoms with Gasteiger partial charge in [0.25, 0.3) is 0 Å². The van der Waals surface area contributed by atoms with Crippen molar-refractivity contribution in [2.45, 2.75) is 19.7 Å². The minimum atomic E-state index is -4.51. The van der Waals surface area contributed by atoms with E-state index in [1.807, 2.05) is 0 Å². The maximum Gasteiger partial charge on any atom is 0.431 e. The highest BCUT2D eigenvalue weighted by Crippen LogP contribution is 2.35. The number of para-hydroxylation sites is 1. The lowest BCUT2D eigenvalue weighted by atomic mass is 10.1. The number of fused-ring (bicyclic) bond motifs is 1. The lowest BCUT2D eigenvalue weighted by Gasteiger charge is -2.08. The van der Waals surface area contributed by atoms with Gasteiger partial charge in [-0.2, -0.15) is 13.2 Å². The second kappa shape index (κ2) is 4.36. The molecule has 0 unspecified atom stereocenters. The molecule has 0 saturated heterocycles. The van der Waals surface area contributed by atoms with Crippen LogP contribution in [0.2, 0.25) is 0 Å². The lowest BCUT2D eigenvalue weighted by molar-refractivity contribution is -0.146. The molecule has 1 N–H and O–H groups in total. The molecule has 0 atom stereocenters. The lowest BCUT2D eigenvalue weighted by Crippen LogP contribution is -2.10. The Kier molecular flexibility index (Phi) is 3.02. The highest BCUT2D eigenvalue weighted by molar-refractivity contribution is 5.85. The zero-order valence-corrected chi connectivity index (χ0v) is 9.47. The molecule has 0 saturated carbocycles. The Balaban J connectivity index is 2.54. The first-order chi connectivity index (χ1) is 8.39. The molecule has 2 aromatic rings. The van der Waals surface area contributed by atoms with Gasteiger partial charge in [-0.05, 0) is 6.07 Å². The van der Waals surface area contributed by atoms with Gasteiger partial charge in [-0.3, -0.25) is 4.79 Å². The van der Waals surface area contributed by atoms with Crippen molar-refractivity contribution in [2.75, 3.05) is 0 Å². The molecule has 3 nitrogen and oxygen atoms in total. The summed E-state index contributed by atoms with van der Waals surface area (Å²) in [6.45, 7) is 0.760. The summed E-state index contributed by atoms with van der Waals surface area (Å²) in [6, 6.07) is 6.37. The monoisotopic (exact) mass is 257 g/mol. The first-order valence-electron chi connectivity index (χ1n) is 5.19. The van der Waals surface area contributed by atoms with Crippen molar-refractivity contribution in [3.8, 4) is 0 Å². The van der Waals surface area contributed by atoms with E-state index in [0.717, 1.165) is 6.92 Å². The molecule has 2 rings (SSSR count). The van der Waals surface area contributed by atoms with Gasteiger partial charge < -0.3 is 9.72 Å². The number of carbonyl (C=O) groups excluding carboxylic acids is 1. The number of alkyl halides is 3. The molecule has 6 heteroatoms. The third kappa shape index (κ3) is 2.32. The van der Waals surface area contributed by atoms with Gasteiger partial charge in [-0.15, -0.1) is 0 Å². The van der Waals surface area contributed by atoms with Crippen molar-refractivity contribution >= 4 is 16.9 Å². The summed E-state index contributed by atoms with van der Waals surface area (Å²) in [7, 11) is 0. The van der Waals surface area contributed by atoms with Gasteiger partial charge in [0.1, 0.15) is 12.3 Å². The molecule has 0 fully saturated rings. The van der Waals surface area contributed by atoms with E-state index >= 15 is 0 Å².